The minimum Gasteiger partial charge on any atom is -0.465 e. The lowest BCUT2D eigenvalue weighted by atomic mass is 9.72. The number of aromatic nitrogens is 1. The van der Waals surface area contributed by atoms with Gasteiger partial charge >= 0.3 is 5.97 Å². The minimum atomic E-state index is -0.497. The van der Waals surface area contributed by atoms with Gasteiger partial charge in [0.15, 0.2) is 17.1 Å². The van der Waals surface area contributed by atoms with Crippen LogP contribution < -0.4 is 10.2 Å². The van der Waals surface area contributed by atoms with Crippen molar-refractivity contribution in [2.75, 3.05) is 38.2 Å². The molecule has 0 bridgehead atoms. The number of hydrogen-bond donors (Lipinski definition) is 2. The Morgan fingerprint density at radius 1 is 1.41 bits per heavy atom. The van der Waals surface area contributed by atoms with E-state index in [0.29, 0.717) is 34.3 Å². The van der Waals surface area contributed by atoms with Crippen LogP contribution in [-0.4, -0.2) is 55.6 Å². The van der Waals surface area contributed by atoms with Crippen LogP contribution in [0.25, 0.3) is 11.3 Å². The van der Waals surface area contributed by atoms with E-state index in [1.807, 2.05) is 4.90 Å². The van der Waals surface area contributed by atoms with Gasteiger partial charge in [0, 0.05) is 35.6 Å². The highest BCUT2D eigenvalue weighted by Crippen LogP contribution is 2.40. The highest BCUT2D eigenvalue weighted by molar-refractivity contribution is 6.30. The topological polar surface area (TPSA) is 87.8 Å². The van der Waals surface area contributed by atoms with Crippen LogP contribution >= 0.6 is 24.0 Å². The Kier molecular flexibility index (Phi) is 6.73. The van der Waals surface area contributed by atoms with Crippen LogP contribution in [0.4, 0.5) is 5.82 Å². The van der Waals surface area contributed by atoms with Crippen LogP contribution in [0.3, 0.4) is 0 Å². The Morgan fingerprint density at radius 2 is 2.17 bits per heavy atom. The van der Waals surface area contributed by atoms with Crippen molar-refractivity contribution in [2.45, 2.75) is 25.4 Å². The maximum Gasteiger partial charge on any atom is 0.345 e. The summed E-state index contributed by atoms with van der Waals surface area (Å²) in [6.07, 6.45) is 2.20. The summed E-state index contributed by atoms with van der Waals surface area (Å²) in [5, 5.41) is 18.9. The molecule has 4 rings (SSSR count). The van der Waals surface area contributed by atoms with E-state index in [1.54, 1.807) is 24.3 Å². The molecular weight excluding hydrogens is 417 g/mol. The van der Waals surface area contributed by atoms with Crippen LogP contribution in [0.15, 0.2) is 28.8 Å². The second-order valence-electron chi connectivity index (χ2n) is 7.58. The first-order chi connectivity index (χ1) is 13.5. The molecule has 7 nitrogen and oxygen atoms in total. The maximum atomic E-state index is 12.6. The van der Waals surface area contributed by atoms with Crippen molar-refractivity contribution in [3.63, 3.8) is 0 Å². The van der Waals surface area contributed by atoms with Gasteiger partial charge < -0.3 is 24.6 Å². The highest BCUT2D eigenvalue weighted by Gasteiger charge is 2.44. The second-order valence-corrected chi connectivity index (χ2v) is 8.01. The number of nitrogens with one attached hydrogen (secondary N) is 1. The SMILES string of the molecule is COC(=O)c1c(N2CCC[C@]3(CNCC[C@@H]3O)C2)noc1-c1ccc(Cl)cc1.Cl. The third-order valence-corrected chi connectivity index (χ3v) is 6.11. The summed E-state index contributed by atoms with van der Waals surface area (Å²) in [4.78, 5) is 14.6. The fraction of sp³-hybridized carbons (Fsp3) is 0.500. The molecular formula is C20H25Cl2N3O4. The van der Waals surface area contributed by atoms with Gasteiger partial charge in [-0.2, -0.15) is 0 Å². The monoisotopic (exact) mass is 441 g/mol. The molecule has 3 heterocycles. The number of aliphatic hydroxyl groups is 1. The lowest BCUT2D eigenvalue weighted by Crippen LogP contribution is -2.58. The van der Waals surface area contributed by atoms with Crippen molar-refractivity contribution >= 4 is 35.8 Å². The number of rotatable bonds is 3. The predicted molar refractivity (Wildman–Crippen MR) is 113 cm³/mol. The fourth-order valence-corrected chi connectivity index (χ4v) is 4.47. The largest absolute Gasteiger partial charge is 0.465 e. The maximum absolute atomic E-state index is 12.6. The Morgan fingerprint density at radius 3 is 2.86 bits per heavy atom. The number of anilines is 1. The number of hydrogen-bond acceptors (Lipinski definition) is 7. The first-order valence-corrected chi connectivity index (χ1v) is 9.89. The van der Waals surface area contributed by atoms with Crippen molar-refractivity contribution in [3.05, 3.63) is 34.9 Å². The zero-order chi connectivity index (χ0) is 19.7. The standard InChI is InChI=1S/C20H24ClN3O4.ClH/c1-27-19(26)16-17(13-3-5-14(21)6-4-13)28-23-18(16)24-10-2-8-20(12-24)11-22-9-7-15(20)25;/h3-6,15,22,25H,2,7-12H2,1H3;1H/t15-,20-;/m0./s1. The molecule has 2 aliphatic rings. The molecule has 1 aromatic heterocycles. The molecule has 158 valence electrons. The number of piperidine rings is 2. The second kappa shape index (κ2) is 8.92. The molecule has 0 unspecified atom stereocenters. The molecule has 2 aliphatic heterocycles. The number of methoxy groups -OCH3 is 1. The number of halogens is 2. The average Bonchev–Trinajstić information content (AvgIpc) is 3.16. The molecule has 2 aromatic rings. The summed E-state index contributed by atoms with van der Waals surface area (Å²) in [6, 6.07) is 7.04. The number of benzene rings is 1. The summed E-state index contributed by atoms with van der Waals surface area (Å²) in [5.41, 5.74) is 0.762. The first kappa shape index (κ1) is 21.9. The summed E-state index contributed by atoms with van der Waals surface area (Å²) in [6.45, 7) is 2.92. The number of aliphatic hydroxyl groups excluding tert-OH is 1. The van der Waals surface area contributed by atoms with Crippen LogP contribution in [-0.2, 0) is 4.74 Å². The molecule has 0 radical (unpaired) electrons. The summed E-state index contributed by atoms with van der Waals surface area (Å²) >= 11 is 5.98. The van der Waals surface area contributed by atoms with Gasteiger partial charge in [-0.15, -0.1) is 12.4 Å². The Hall–Kier alpha value is -1.80. The van der Waals surface area contributed by atoms with E-state index in [2.05, 4.69) is 10.5 Å². The van der Waals surface area contributed by atoms with E-state index >= 15 is 0 Å². The van der Waals surface area contributed by atoms with Crippen molar-refractivity contribution in [1.82, 2.24) is 10.5 Å². The van der Waals surface area contributed by atoms with E-state index in [4.69, 9.17) is 20.9 Å². The number of carbonyl (C=O) groups excluding carboxylic acids is 1. The molecule has 0 aliphatic carbocycles. The van der Waals surface area contributed by atoms with E-state index < -0.39 is 5.97 Å². The molecule has 1 spiro atoms. The number of esters is 1. The Bertz CT molecular complexity index is 854. The number of nitrogens with zero attached hydrogens (tertiary/aromatic N) is 2. The molecule has 1 aromatic carbocycles. The summed E-state index contributed by atoms with van der Waals surface area (Å²) in [7, 11) is 1.34. The number of carbonyl (C=O) groups is 1. The van der Waals surface area contributed by atoms with Crippen LogP contribution in [0.2, 0.25) is 5.02 Å². The Labute approximate surface area is 180 Å². The molecule has 2 N–H and O–H groups in total. The molecule has 0 saturated carbocycles. The van der Waals surface area contributed by atoms with Gasteiger partial charge in [-0.1, -0.05) is 16.8 Å². The average molecular weight is 442 g/mol. The fourth-order valence-electron chi connectivity index (χ4n) is 4.34. The predicted octanol–water partition coefficient (Wildman–Crippen LogP) is 3.14. The van der Waals surface area contributed by atoms with Gasteiger partial charge in [-0.25, -0.2) is 4.79 Å². The van der Waals surface area contributed by atoms with Crippen molar-refractivity contribution < 1.29 is 19.2 Å². The van der Waals surface area contributed by atoms with Gasteiger partial charge in [0.2, 0.25) is 0 Å². The van der Waals surface area contributed by atoms with Crippen LogP contribution in [0, 0.1) is 5.41 Å². The zero-order valence-corrected chi connectivity index (χ0v) is 17.8. The van der Waals surface area contributed by atoms with Gasteiger partial charge in [0.1, 0.15) is 0 Å². The van der Waals surface area contributed by atoms with Gasteiger partial charge in [-0.3, -0.25) is 0 Å². The van der Waals surface area contributed by atoms with Crippen LogP contribution in [0.5, 0.6) is 0 Å². The Balaban J connectivity index is 0.00000240. The van der Waals surface area contributed by atoms with E-state index in [0.717, 1.165) is 38.9 Å². The smallest absolute Gasteiger partial charge is 0.345 e. The van der Waals surface area contributed by atoms with Crippen LogP contribution in [0.1, 0.15) is 29.6 Å². The number of ether oxygens (including phenoxy) is 1. The van der Waals surface area contributed by atoms with E-state index in [1.165, 1.54) is 7.11 Å². The normalized spacial score (nSPS) is 24.2. The molecule has 2 fully saturated rings. The van der Waals surface area contributed by atoms with Crippen molar-refractivity contribution in [1.29, 1.82) is 0 Å². The third-order valence-electron chi connectivity index (χ3n) is 5.86. The first-order valence-electron chi connectivity index (χ1n) is 9.52. The zero-order valence-electron chi connectivity index (χ0n) is 16.2. The highest BCUT2D eigenvalue weighted by atomic mass is 35.5. The van der Waals surface area contributed by atoms with E-state index in [9.17, 15) is 9.90 Å². The molecule has 2 atom stereocenters. The van der Waals surface area contributed by atoms with Gasteiger partial charge in [0.25, 0.3) is 0 Å². The lowest BCUT2D eigenvalue weighted by molar-refractivity contribution is -0.0103. The minimum absolute atomic E-state index is 0. The third kappa shape index (κ3) is 4.10. The molecule has 9 heteroatoms. The molecule has 0 amide bonds. The molecule has 2 saturated heterocycles. The van der Waals surface area contributed by atoms with E-state index in [-0.39, 0.29) is 23.9 Å². The van der Waals surface area contributed by atoms with Gasteiger partial charge in [0.05, 0.1) is 13.2 Å². The molecule has 29 heavy (non-hydrogen) atoms. The van der Waals surface area contributed by atoms with Gasteiger partial charge in [-0.05, 0) is 50.1 Å². The van der Waals surface area contributed by atoms with Crippen molar-refractivity contribution in [3.8, 4) is 11.3 Å². The summed E-state index contributed by atoms with van der Waals surface area (Å²) < 4.78 is 10.6. The lowest BCUT2D eigenvalue weighted by Gasteiger charge is -2.48. The van der Waals surface area contributed by atoms with Crippen molar-refractivity contribution in [2.24, 2.45) is 5.41 Å². The quantitative estimate of drug-likeness (QED) is 0.707. The summed E-state index contributed by atoms with van der Waals surface area (Å²) in [5.74, 6) is 0.331.